The number of carbonyl (C=O) groups excluding carboxylic acids is 2. The maximum atomic E-state index is 10.8. The fraction of sp³-hybridized carbons (Fsp3) is 0.143. The Morgan fingerprint density at radius 2 is 1.75 bits per heavy atom. The van der Waals surface area contributed by atoms with E-state index in [9.17, 15) is 14.7 Å². The summed E-state index contributed by atoms with van der Waals surface area (Å²) in [5.74, 6) is -1.43. The molecule has 0 aliphatic carbocycles. The van der Waals surface area contributed by atoms with Gasteiger partial charge in [-0.05, 0) is 37.3 Å². The van der Waals surface area contributed by atoms with Crippen LogP contribution in [0.25, 0.3) is 0 Å². The predicted octanol–water partition coefficient (Wildman–Crippen LogP) is -1.95. The van der Waals surface area contributed by atoms with Gasteiger partial charge >= 0.3 is 57.4 Å². The summed E-state index contributed by atoms with van der Waals surface area (Å²) in [4.78, 5) is 20.5. The van der Waals surface area contributed by atoms with E-state index in [2.05, 4.69) is 4.74 Å². The summed E-state index contributed by atoms with van der Waals surface area (Å²) in [5.41, 5.74) is 0.435. The molecule has 0 aromatic heterocycles. The molecule has 0 atom stereocenters. The summed E-state index contributed by atoms with van der Waals surface area (Å²) < 4.78 is 4.46. The van der Waals surface area contributed by atoms with Crippen LogP contribution in [0.15, 0.2) is 48.6 Å². The number of allylic oxidation sites excluding steroid dienone is 3. The number of phenols is 1. The van der Waals surface area contributed by atoms with Gasteiger partial charge < -0.3 is 19.7 Å². The number of ether oxygens (including phenoxy) is 1. The minimum atomic E-state index is -1.16. The first-order valence-electron chi connectivity index (χ1n) is 5.39. The number of carboxylic acid groups (broad SMARTS) is 1. The molecule has 1 N–H and O–H groups in total. The Morgan fingerprint density at radius 1 is 1.20 bits per heavy atom. The molecule has 0 fully saturated rings. The zero-order valence-electron chi connectivity index (χ0n) is 11.7. The van der Waals surface area contributed by atoms with E-state index in [4.69, 9.17) is 5.11 Å². The summed E-state index contributed by atoms with van der Waals surface area (Å²) in [6.45, 7) is 1.81. The second kappa shape index (κ2) is 13.1. The fourth-order valence-electron chi connectivity index (χ4n) is 0.961. The number of esters is 1. The molecule has 0 unspecified atom stereocenters. The van der Waals surface area contributed by atoms with Gasteiger partial charge in [-0.1, -0.05) is 18.2 Å². The third-order valence-electron chi connectivity index (χ3n) is 1.82. The van der Waals surface area contributed by atoms with Gasteiger partial charge in [0.15, 0.2) is 0 Å². The van der Waals surface area contributed by atoms with Gasteiger partial charge in [-0.15, -0.1) is 0 Å². The van der Waals surface area contributed by atoms with Crippen LogP contribution in [0.3, 0.4) is 0 Å². The standard InChI is InChI=1S/C8H8O3.C6H8O2.K/c1-11-8(10)6-2-4-7(9)5-3-6;1-2-3-4-5-6(7)8;/h2-5,9H,1H3;2-5H,1H3,(H,7,8);/q;;+1/p-1/b;3-2+,5-4+;. The Morgan fingerprint density at radius 3 is 2.15 bits per heavy atom. The minimum Gasteiger partial charge on any atom is -0.545 e. The number of carboxylic acids is 1. The van der Waals surface area contributed by atoms with Gasteiger partial charge in [0, 0.05) is 0 Å². The van der Waals surface area contributed by atoms with E-state index in [1.807, 2.05) is 0 Å². The topological polar surface area (TPSA) is 86.7 Å². The van der Waals surface area contributed by atoms with Gasteiger partial charge in [0.1, 0.15) is 5.75 Å². The van der Waals surface area contributed by atoms with Crippen LogP contribution in [0.2, 0.25) is 0 Å². The number of hydrogen-bond acceptors (Lipinski definition) is 5. The number of methoxy groups -OCH3 is 1. The van der Waals surface area contributed by atoms with E-state index in [1.54, 1.807) is 19.1 Å². The third kappa shape index (κ3) is 10.9. The number of rotatable bonds is 3. The van der Waals surface area contributed by atoms with Gasteiger partial charge in [-0.25, -0.2) is 4.79 Å². The van der Waals surface area contributed by atoms with Crippen molar-refractivity contribution in [2.45, 2.75) is 6.92 Å². The minimum absolute atomic E-state index is 0. The molecule has 0 radical (unpaired) electrons. The van der Waals surface area contributed by atoms with E-state index in [-0.39, 0.29) is 57.1 Å². The predicted molar refractivity (Wildman–Crippen MR) is 68.4 cm³/mol. The molecule has 0 aliphatic rings. The number of phenolic OH excluding ortho intramolecular Hbond substituents is 1. The van der Waals surface area contributed by atoms with E-state index in [0.717, 1.165) is 6.08 Å². The molecular weight excluding hydrogens is 287 g/mol. The molecule has 0 amide bonds. The van der Waals surface area contributed by atoms with Crippen molar-refractivity contribution in [3.8, 4) is 5.75 Å². The van der Waals surface area contributed by atoms with Gasteiger partial charge in [-0.3, -0.25) is 0 Å². The van der Waals surface area contributed by atoms with Crippen molar-refractivity contribution in [1.29, 1.82) is 0 Å². The summed E-state index contributed by atoms with van der Waals surface area (Å²) in [7, 11) is 1.31. The van der Waals surface area contributed by atoms with Crippen LogP contribution >= 0.6 is 0 Å². The number of aromatic hydroxyl groups is 1. The molecule has 102 valence electrons. The van der Waals surface area contributed by atoms with E-state index in [1.165, 1.54) is 37.5 Å². The molecule has 0 saturated carbocycles. The summed E-state index contributed by atoms with van der Waals surface area (Å²) in [6.07, 6.45) is 5.74. The fourth-order valence-corrected chi connectivity index (χ4v) is 0.961. The van der Waals surface area contributed by atoms with Crippen molar-refractivity contribution in [1.82, 2.24) is 0 Å². The zero-order chi connectivity index (χ0) is 14.7. The quantitative estimate of drug-likeness (QED) is 0.304. The summed E-state index contributed by atoms with van der Waals surface area (Å²) in [5, 5.41) is 18.5. The monoisotopic (exact) mass is 302 g/mol. The second-order valence-electron chi connectivity index (χ2n) is 3.24. The smallest absolute Gasteiger partial charge is 0.545 e. The van der Waals surface area contributed by atoms with E-state index >= 15 is 0 Å². The average molecular weight is 302 g/mol. The normalized spacial score (nSPS) is 9.50. The van der Waals surface area contributed by atoms with Gasteiger partial charge in [0.25, 0.3) is 0 Å². The maximum Gasteiger partial charge on any atom is 1.00 e. The van der Waals surface area contributed by atoms with Crippen LogP contribution in [0.5, 0.6) is 5.75 Å². The van der Waals surface area contributed by atoms with Crippen molar-refractivity contribution in [3.63, 3.8) is 0 Å². The molecular formula is C14H15KO5. The Kier molecular flexibility index (Phi) is 14.0. The van der Waals surface area contributed by atoms with Crippen molar-refractivity contribution < 1.29 is 75.9 Å². The average Bonchev–Trinajstić information content (AvgIpc) is 2.39. The first-order valence-corrected chi connectivity index (χ1v) is 5.39. The molecule has 0 saturated heterocycles. The van der Waals surface area contributed by atoms with Gasteiger partial charge in [0.05, 0.1) is 18.6 Å². The first-order chi connectivity index (χ1) is 9.01. The van der Waals surface area contributed by atoms with Gasteiger partial charge in [0.2, 0.25) is 0 Å². The number of carbonyl (C=O) groups is 2. The molecule has 0 spiro atoms. The maximum absolute atomic E-state index is 10.8. The Hall–Kier alpha value is -0.924. The SMILES string of the molecule is C/C=C/C=C/C(=O)[O-].COC(=O)c1ccc(O)cc1.[K+]. The molecule has 6 heteroatoms. The Labute approximate surface area is 160 Å². The molecule has 0 heterocycles. The van der Waals surface area contributed by atoms with Crippen LogP contribution in [-0.2, 0) is 9.53 Å². The zero-order valence-corrected chi connectivity index (χ0v) is 14.8. The largest absolute Gasteiger partial charge is 1.00 e. The van der Waals surface area contributed by atoms with Crippen LogP contribution < -0.4 is 56.5 Å². The third-order valence-corrected chi connectivity index (χ3v) is 1.82. The number of hydrogen-bond donors (Lipinski definition) is 1. The van der Waals surface area contributed by atoms with Crippen LogP contribution in [0, 0.1) is 0 Å². The molecule has 1 rings (SSSR count). The van der Waals surface area contributed by atoms with E-state index in [0.29, 0.717) is 5.56 Å². The first kappa shape index (κ1) is 21.4. The number of benzene rings is 1. The van der Waals surface area contributed by atoms with Crippen molar-refractivity contribution in [2.75, 3.05) is 7.11 Å². The van der Waals surface area contributed by atoms with E-state index < -0.39 is 11.9 Å². The Bertz CT molecular complexity index is 463. The second-order valence-corrected chi connectivity index (χ2v) is 3.24. The summed E-state index contributed by atoms with van der Waals surface area (Å²) in [6, 6.07) is 5.88. The molecule has 1 aromatic carbocycles. The van der Waals surface area contributed by atoms with Crippen molar-refractivity contribution in [2.24, 2.45) is 0 Å². The van der Waals surface area contributed by atoms with Crippen LogP contribution in [0.4, 0.5) is 0 Å². The Balaban J connectivity index is 0. The van der Waals surface area contributed by atoms with Crippen LogP contribution in [0.1, 0.15) is 17.3 Å². The summed E-state index contributed by atoms with van der Waals surface area (Å²) >= 11 is 0. The molecule has 0 bridgehead atoms. The van der Waals surface area contributed by atoms with Crippen LogP contribution in [-0.4, -0.2) is 24.2 Å². The molecule has 0 aliphatic heterocycles. The van der Waals surface area contributed by atoms with Crippen molar-refractivity contribution in [3.05, 3.63) is 54.1 Å². The number of aliphatic carboxylic acids is 1. The molecule has 20 heavy (non-hydrogen) atoms. The van der Waals surface area contributed by atoms with Crippen molar-refractivity contribution >= 4 is 11.9 Å². The van der Waals surface area contributed by atoms with Gasteiger partial charge in [-0.2, -0.15) is 0 Å². The molecule has 5 nitrogen and oxygen atoms in total. The molecule has 1 aromatic rings.